The van der Waals surface area contributed by atoms with Gasteiger partial charge in [-0.05, 0) is 41.8 Å². The number of carboxylic acid groups (broad SMARTS) is 1. The van der Waals surface area contributed by atoms with Crippen molar-refractivity contribution in [2.75, 3.05) is 0 Å². The molecule has 0 saturated heterocycles. The Labute approximate surface area is 134 Å². The molecule has 3 rings (SSSR count). The Kier molecular flexibility index (Phi) is 4.52. The zero-order chi connectivity index (χ0) is 16.1. The predicted molar refractivity (Wildman–Crippen MR) is 88.5 cm³/mol. The van der Waals surface area contributed by atoms with Crippen LogP contribution in [0.4, 0.5) is 0 Å². The normalized spacial score (nSPS) is 10.6. The number of carboxylic acids is 1. The summed E-state index contributed by atoms with van der Waals surface area (Å²) in [6.45, 7) is 0.473. The smallest absolute Gasteiger partial charge is 0.303 e. The molecule has 0 fully saturated rings. The average Bonchev–Trinajstić information content (AvgIpc) is 2.59. The van der Waals surface area contributed by atoms with Gasteiger partial charge in [0.25, 0.3) is 0 Å². The molecular formula is C19H17NO3. The first-order chi connectivity index (χ1) is 11.2. The molecule has 4 heteroatoms. The number of aliphatic carboxylic acids is 1. The molecule has 0 amide bonds. The van der Waals surface area contributed by atoms with Gasteiger partial charge >= 0.3 is 5.97 Å². The fourth-order valence-corrected chi connectivity index (χ4v) is 2.37. The number of aryl methyl sites for hydroxylation is 1. The number of carbonyl (C=O) groups is 1. The second-order valence-corrected chi connectivity index (χ2v) is 5.36. The molecule has 0 aliphatic carbocycles. The topological polar surface area (TPSA) is 59.4 Å². The van der Waals surface area contributed by atoms with Gasteiger partial charge in [-0.2, -0.15) is 0 Å². The molecule has 0 saturated carbocycles. The van der Waals surface area contributed by atoms with E-state index in [-0.39, 0.29) is 6.42 Å². The summed E-state index contributed by atoms with van der Waals surface area (Å²) in [4.78, 5) is 14.9. The third-order valence-electron chi connectivity index (χ3n) is 3.63. The molecule has 0 aliphatic rings. The molecule has 23 heavy (non-hydrogen) atoms. The summed E-state index contributed by atoms with van der Waals surface area (Å²) in [6.07, 6.45) is 2.46. The predicted octanol–water partition coefficient (Wildman–Crippen LogP) is 3.83. The molecule has 0 bridgehead atoms. The highest BCUT2D eigenvalue weighted by Gasteiger charge is 2.01. The van der Waals surface area contributed by atoms with Crippen LogP contribution in [0.15, 0.2) is 60.8 Å². The van der Waals surface area contributed by atoms with Gasteiger partial charge in [0.2, 0.25) is 0 Å². The lowest BCUT2D eigenvalue weighted by molar-refractivity contribution is -0.136. The Balaban J connectivity index is 1.61. The van der Waals surface area contributed by atoms with Crippen LogP contribution in [-0.4, -0.2) is 16.1 Å². The molecule has 1 heterocycles. The minimum absolute atomic E-state index is 0.143. The van der Waals surface area contributed by atoms with Crippen LogP contribution < -0.4 is 4.74 Å². The van der Waals surface area contributed by atoms with E-state index < -0.39 is 5.97 Å². The van der Waals surface area contributed by atoms with E-state index >= 15 is 0 Å². The second kappa shape index (κ2) is 6.92. The Bertz CT molecular complexity index is 812. The monoisotopic (exact) mass is 307 g/mol. The van der Waals surface area contributed by atoms with Gasteiger partial charge in [-0.3, -0.25) is 9.78 Å². The third-order valence-corrected chi connectivity index (χ3v) is 3.63. The maximum Gasteiger partial charge on any atom is 0.303 e. The van der Waals surface area contributed by atoms with Gasteiger partial charge in [0.15, 0.2) is 0 Å². The number of ether oxygens (including phenoxy) is 1. The van der Waals surface area contributed by atoms with E-state index in [4.69, 9.17) is 9.84 Å². The van der Waals surface area contributed by atoms with Crippen molar-refractivity contribution in [3.8, 4) is 5.75 Å². The molecular weight excluding hydrogens is 290 g/mol. The Morgan fingerprint density at radius 2 is 1.83 bits per heavy atom. The van der Waals surface area contributed by atoms with Crippen molar-refractivity contribution in [3.63, 3.8) is 0 Å². The summed E-state index contributed by atoms with van der Waals surface area (Å²) in [6, 6.07) is 17.6. The van der Waals surface area contributed by atoms with Crippen molar-refractivity contribution in [1.29, 1.82) is 0 Å². The quantitative estimate of drug-likeness (QED) is 0.752. The zero-order valence-corrected chi connectivity index (χ0v) is 12.6. The largest absolute Gasteiger partial charge is 0.489 e. The number of benzene rings is 2. The summed E-state index contributed by atoms with van der Waals surface area (Å²) in [7, 11) is 0. The molecule has 4 nitrogen and oxygen atoms in total. The van der Waals surface area contributed by atoms with E-state index in [1.165, 1.54) is 0 Å². The lowest BCUT2D eigenvalue weighted by Gasteiger charge is -2.08. The van der Waals surface area contributed by atoms with Gasteiger partial charge in [-0.25, -0.2) is 0 Å². The van der Waals surface area contributed by atoms with Crippen LogP contribution in [0.1, 0.15) is 17.5 Å². The first kappa shape index (κ1) is 15.0. The Morgan fingerprint density at radius 1 is 1.04 bits per heavy atom. The number of fused-ring (bicyclic) bond motifs is 1. The highest BCUT2D eigenvalue weighted by Crippen LogP contribution is 2.17. The van der Waals surface area contributed by atoms with Crippen LogP contribution in [0.25, 0.3) is 10.9 Å². The van der Waals surface area contributed by atoms with E-state index in [9.17, 15) is 4.79 Å². The van der Waals surface area contributed by atoms with E-state index in [2.05, 4.69) is 4.98 Å². The first-order valence-corrected chi connectivity index (χ1v) is 7.48. The van der Waals surface area contributed by atoms with E-state index in [0.29, 0.717) is 13.0 Å². The summed E-state index contributed by atoms with van der Waals surface area (Å²) in [5.74, 6) is -0.0135. The molecule has 0 unspecified atom stereocenters. The van der Waals surface area contributed by atoms with E-state index in [1.807, 2.05) is 54.6 Å². The maximum absolute atomic E-state index is 10.6. The maximum atomic E-state index is 10.6. The Hall–Kier alpha value is -2.88. The van der Waals surface area contributed by atoms with Crippen LogP contribution in [-0.2, 0) is 17.8 Å². The summed E-state index contributed by atoms with van der Waals surface area (Å²) >= 11 is 0. The minimum Gasteiger partial charge on any atom is -0.489 e. The molecule has 1 N–H and O–H groups in total. The average molecular weight is 307 g/mol. The Morgan fingerprint density at radius 3 is 2.61 bits per heavy atom. The highest BCUT2D eigenvalue weighted by atomic mass is 16.5. The second-order valence-electron chi connectivity index (χ2n) is 5.36. The molecule has 1 aromatic heterocycles. The summed E-state index contributed by atoms with van der Waals surface area (Å²) in [5, 5.41) is 9.80. The molecule has 3 aromatic rings. The fraction of sp³-hybridized carbons (Fsp3) is 0.158. The van der Waals surface area contributed by atoms with Crippen molar-refractivity contribution in [1.82, 2.24) is 4.98 Å². The number of rotatable bonds is 6. The van der Waals surface area contributed by atoms with Crippen LogP contribution in [0.5, 0.6) is 5.75 Å². The molecule has 0 aliphatic heterocycles. The van der Waals surface area contributed by atoms with Gasteiger partial charge in [0, 0.05) is 18.0 Å². The van der Waals surface area contributed by atoms with Crippen molar-refractivity contribution in [2.45, 2.75) is 19.4 Å². The van der Waals surface area contributed by atoms with Crippen LogP contribution >= 0.6 is 0 Å². The third kappa shape index (κ3) is 4.07. The van der Waals surface area contributed by atoms with E-state index in [0.717, 1.165) is 27.8 Å². The fourth-order valence-electron chi connectivity index (χ4n) is 2.37. The molecule has 2 aromatic carbocycles. The molecule has 0 radical (unpaired) electrons. The zero-order valence-electron chi connectivity index (χ0n) is 12.6. The van der Waals surface area contributed by atoms with E-state index in [1.54, 1.807) is 6.20 Å². The number of hydrogen-bond acceptors (Lipinski definition) is 3. The van der Waals surface area contributed by atoms with Gasteiger partial charge in [0.1, 0.15) is 12.4 Å². The summed E-state index contributed by atoms with van der Waals surface area (Å²) < 4.78 is 5.78. The van der Waals surface area contributed by atoms with Crippen LogP contribution in [0.2, 0.25) is 0 Å². The molecule has 0 atom stereocenters. The summed E-state index contributed by atoms with van der Waals surface area (Å²) in [5.41, 5.74) is 3.01. The van der Waals surface area contributed by atoms with Gasteiger partial charge in [0.05, 0.1) is 5.52 Å². The van der Waals surface area contributed by atoms with Gasteiger partial charge in [-0.1, -0.05) is 30.3 Å². The van der Waals surface area contributed by atoms with Crippen molar-refractivity contribution in [2.24, 2.45) is 0 Å². The van der Waals surface area contributed by atoms with Crippen molar-refractivity contribution >= 4 is 16.9 Å². The minimum atomic E-state index is -0.782. The van der Waals surface area contributed by atoms with Crippen LogP contribution in [0, 0.1) is 0 Å². The lowest BCUT2D eigenvalue weighted by Crippen LogP contribution is -1.98. The number of hydrogen-bond donors (Lipinski definition) is 1. The van der Waals surface area contributed by atoms with Crippen LogP contribution in [0.3, 0.4) is 0 Å². The standard InChI is InChI=1S/C19H17NO3/c21-19(22)10-6-14-4-8-17(9-5-14)23-13-15-3-7-16-2-1-11-20-18(16)12-15/h1-5,7-9,11-12H,6,10,13H2,(H,21,22). The van der Waals surface area contributed by atoms with Crippen molar-refractivity contribution in [3.05, 3.63) is 71.9 Å². The highest BCUT2D eigenvalue weighted by molar-refractivity contribution is 5.78. The number of nitrogens with zero attached hydrogens (tertiary/aromatic N) is 1. The number of aromatic nitrogens is 1. The lowest BCUT2D eigenvalue weighted by atomic mass is 10.1. The van der Waals surface area contributed by atoms with Crippen molar-refractivity contribution < 1.29 is 14.6 Å². The van der Waals surface area contributed by atoms with Gasteiger partial charge < -0.3 is 9.84 Å². The first-order valence-electron chi connectivity index (χ1n) is 7.48. The number of pyridine rings is 1. The molecule has 0 spiro atoms. The molecule has 116 valence electrons. The SMILES string of the molecule is O=C(O)CCc1ccc(OCc2ccc3cccnc3c2)cc1. The van der Waals surface area contributed by atoms with Gasteiger partial charge in [-0.15, -0.1) is 0 Å².